The maximum atomic E-state index is 12.1. The van der Waals surface area contributed by atoms with Crippen LogP contribution in [0.4, 0.5) is 0 Å². The van der Waals surface area contributed by atoms with E-state index >= 15 is 0 Å². The predicted octanol–water partition coefficient (Wildman–Crippen LogP) is 3.15. The average Bonchev–Trinajstić information content (AvgIpc) is 2.70. The number of benzene rings is 1. The first-order valence-corrected chi connectivity index (χ1v) is 6.98. The minimum absolute atomic E-state index is 0.0217. The lowest BCUT2D eigenvalue weighted by atomic mass is 9.92. The summed E-state index contributed by atoms with van der Waals surface area (Å²) in [6.07, 6.45) is 2.84. The summed E-state index contributed by atoms with van der Waals surface area (Å²) >= 11 is 0. The molecule has 0 aliphatic heterocycles. The third kappa shape index (κ3) is 3.98. The Kier molecular flexibility index (Phi) is 4.13. The summed E-state index contributed by atoms with van der Waals surface area (Å²) in [5, 5.41) is 3.09. The van der Waals surface area contributed by atoms with Crippen LogP contribution in [0.1, 0.15) is 40.0 Å². The highest BCUT2D eigenvalue weighted by Crippen LogP contribution is 2.36. The van der Waals surface area contributed by atoms with Gasteiger partial charge in [0.15, 0.2) is 6.10 Å². The molecule has 1 aromatic rings. The molecule has 1 aliphatic carbocycles. The highest BCUT2D eigenvalue weighted by molar-refractivity contribution is 5.81. The highest BCUT2D eigenvalue weighted by atomic mass is 16.5. The van der Waals surface area contributed by atoms with Gasteiger partial charge in [0, 0.05) is 6.04 Å². The van der Waals surface area contributed by atoms with Crippen molar-refractivity contribution in [2.24, 2.45) is 5.41 Å². The first-order valence-electron chi connectivity index (χ1n) is 6.98. The van der Waals surface area contributed by atoms with E-state index in [2.05, 4.69) is 19.2 Å². The van der Waals surface area contributed by atoms with Crippen molar-refractivity contribution in [3.63, 3.8) is 0 Å². The molecule has 0 spiro atoms. The second-order valence-corrected chi connectivity index (χ2v) is 6.19. The lowest BCUT2D eigenvalue weighted by Gasteiger charge is -2.20. The highest BCUT2D eigenvalue weighted by Gasteiger charge is 2.32. The van der Waals surface area contributed by atoms with Gasteiger partial charge in [0.2, 0.25) is 0 Å². The predicted molar refractivity (Wildman–Crippen MR) is 76.1 cm³/mol. The molecule has 0 aromatic heterocycles. The quantitative estimate of drug-likeness (QED) is 0.904. The fourth-order valence-electron chi connectivity index (χ4n) is 2.63. The number of amides is 1. The van der Waals surface area contributed by atoms with Crippen molar-refractivity contribution in [3.05, 3.63) is 30.3 Å². The van der Waals surface area contributed by atoms with Crippen LogP contribution >= 0.6 is 0 Å². The Labute approximate surface area is 115 Å². The number of nitrogens with one attached hydrogen (secondary N) is 1. The standard InChI is InChI=1S/C16H23NO2/c1-12(19-14-7-5-4-6-8-14)15(18)17-13-9-10-16(2,3)11-13/h4-8,12-13H,9-11H2,1-3H3,(H,17,18). The molecule has 0 bridgehead atoms. The Hall–Kier alpha value is -1.51. The number of hydrogen-bond acceptors (Lipinski definition) is 2. The van der Waals surface area contributed by atoms with Gasteiger partial charge in [-0.25, -0.2) is 0 Å². The summed E-state index contributed by atoms with van der Waals surface area (Å²) < 4.78 is 5.63. The molecule has 104 valence electrons. The topological polar surface area (TPSA) is 38.3 Å². The number of ether oxygens (including phenoxy) is 1. The zero-order chi connectivity index (χ0) is 13.9. The SMILES string of the molecule is CC(Oc1ccccc1)C(=O)NC1CCC(C)(C)C1. The van der Waals surface area contributed by atoms with Crippen LogP contribution in [0.2, 0.25) is 0 Å². The van der Waals surface area contributed by atoms with Gasteiger partial charge < -0.3 is 10.1 Å². The number of carbonyl (C=O) groups excluding carboxylic acids is 1. The van der Waals surface area contributed by atoms with Gasteiger partial charge in [-0.3, -0.25) is 4.79 Å². The summed E-state index contributed by atoms with van der Waals surface area (Å²) in [4.78, 5) is 12.1. The van der Waals surface area contributed by atoms with Crippen molar-refractivity contribution in [1.82, 2.24) is 5.32 Å². The molecule has 3 nitrogen and oxygen atoms in total. The maximum Gasteiger partial charge on any atom is 0.260 e. The summed E-state index contributed by atoms with van der Waals surface area (Å²) in [6, 6.07) is 9.76. The monoisotopic (exact) mass is 261 g/mol. The van der Waals surface area contributed by atoms with Gasteiger partial charge in [0.05, 0.1) is 0 Å². The summed E-state index contributed by atoms with van der Waals surface area (Å²) in [7, 11) is 0. The lowest BCUT2D eigenvalue weighted by molar-refractivity contribution is -0.128. The molecular weight excluding hydrogens is 238 g/mol. The lowest BCUT2D eigenvalue weighted by Crippen LogP contribution is -2.41. The van der Waals surface area contributed by atoms with Gasteiger partial charge in [-0.15, -0.1) is 0 Å². The van der Waals surface area contributed by atoms with Crippen LogP contribution in [0.15, 0.2) is 30.3 Å². The van der Waals surface area contributed by atoms with E-state index in [0.29, 0.717) is 11.5 Å². The van der Waals surface area contributed by atoms with Crippen molar-refractivity contribution < 1.29 is 9.53 Å². The zero-order valence-electron chi connectivity index (χ0n) is 12.0. The molecule has 1 aliphatic rings. The van der Waals surface area contributed by atoms with Crippen molar-refractivity contribution in [3.8, 4) is 5.75 Å². The second-order valence-electron chi connectivity index (χ2n) is 6.19. The van der Waals surface area contributed by atoms with Gasteiger partial charge >= 0.3 is 0 Å². The Balaban J connectivity index is 1.83. The van der Waals surface area contributed by atoms with Crippen LogP contribution in [-0.2, 0) is 4.79 Å². The Morgan fingerprint density at radius 3 is 2.63 bits per heavy atom. The molecule has 1 aromatic carbocycles. The molecule has 1 N–H and O–H groups in total. The van der Waals surface area contributed by atoms with Crippen molar-refractivity contribution in [2.45, 2.75) is 52.2 Å². The van der Waals surface area contributed by atoms with Crippen LogP contribution in [0.3, 0.4) is 0 Å². The molecule has 19 heavy (non-hydrogen) atoms. The smallest absolute Gasteiger partial charge is 0.260 e. The van der Waals surface area contributed by atoms with Crippen LogP contribution < -0.4 is 10.1 Å². The van der Waals surface area contributed by atoms with Gasteiger partial charge in [0.1, 0.15) is 5.75 Å². The molecule has 1 saturated carbocycles. The number of rotatable bonds is 4. The summed E-state index contributed by atoms with van der Waals surface area (Å²) in [5.74, 6) is 0.712. The van der Waals surface area contributed by atoms with Gasteiger partial charge in [-0.05, 0) is 43.7 Å². The van der Waals surface area contributed by atoms with Crippen molar-refractivity contribution >= 4 is 5.91 Å². The van der Waals surface area contributed by atoms with Crippen molar-refractivity contribution in [1.29, 1.82) is 0 Å². The molecule has 3 heteroatoms. The van der Waals surface area contributed by atoms with Crippen LogP contribution in [0.5, 0.6) is 5.75 Å². The van der Waals surface area contributed by atoms with Crippen LogP contribution in [0, 0.1) is 5.41 Å². The van der Waals surface area contributed by atoms with Gasteiger partial charge in [-0.1, -0.05) is 32.0 Å². The largest absolute Gasteiger partial charge is 0.481 e. The summed E-state index contributed by atoms with van der Waals surface area (Å²) in [6.45, 7) is 6.30. The minimum atomic E-state index is -0.453. The first-order chi connectivity index (χ1) is 8.96. The third-order valence-electron chi connectivity index (χ3n) is 3.74. The Morgan fingerprint density at radius 1 is 1.37 bits per heavy atom. The molecule has 2 unspecified atom stereocenters. The van der Waals surface area contributed by atoms with E-state index in [4.69, 9.17) is 4.74 Å². The molecule has 0 radical (unpaired) electrons. The fraction of sp³-hybridized carbons (Fsp3) is 0.562. The van der Waals surface area contributed by atoms with Crippen molar-refractivity contribution in [2.75, 3.05) is 0 Å². The Bertz CT molecular complexity index is 428. The summed E-state index contributed by atoms with van der Waals surface area (Å²) in [5.41, 5.74) is 0.349. The van der Waals surface area contributed by atoms with E-state index < -0.39 is 6.10 Å². The van der Waals surface area contributed by atoms with E-state index in [9.17, 15) is 4.79 Å². The average molecular weight is 261 g/mol. The second kappa shape index (κ2) is 5.64. The van der Waals surface area contributed by atoms with E-state index in [1.807, 2.05) is 30.3 Å². The molecule has 2 rings (SSSR count). The van der Waals surface area contributed by atoms with E-state index in [0.717, 1.165) is 18.6 Å². The minimum Gasteiger partial charge on any atom is -0.481 e. The Morgan fingerprint density at radius 2 is 2.05 bits per heavy atom. The normalized spacial score (nSPS) is 22.8. The molecule has 2 atom stereocenters. The van der Waals surface area contributed by atoms with E-state index in [1.165, 1.54) is 6.42 Å². The third-order valence-corrected chi connectivity index (χ3v) is 3.74. The molecular formula is C16H23NO2. The fourth-order valence-corrected chi connectivity index (χ4v) is 2.63. The number of hydrogen-bond donors (Lipinski definition) is 1. The molecule has 1 amide bonds. The van der Waals surface area contributed by atoms with E-state index in [1.54, 1.807) is 6.92 Å². The van der Waals surface area contributed by atoms with Crippen LogP contribution in [0.25, 0.3) is 0 Å². The number of carbonyl (C=O) groups is 1. The number of para-hydroxylation sites is 1. The van der Waals surface area contributed by atoms with Gasteiger partial charge in [0.25, 0.3) is 5.91 Å². The maximum absolute atomic E-state index is 12.1. The first kappa shape index (κ1) is 13.9. The zero-order valence-corrected chi connectivity index (χ0v) is 12.0. The van der Waals surface area contributed by atoms with Crippen LogP contribution in [-0.4, -0.2) is 18.1 Å². The van der Waals surface area contributed by atoms with Gasteiger partial charge in [-0.2, -0.15) is 0 Å². The molecule has 0 heterocycles. The molecule has 1 fully saturated rings. The van der Waals surface area contributed by atoms with E-state index in [-0.39, 0.29) is 5.91 Å². The molecule has 0 saturated heterocycles.